The Bertz CT molecular complexity index is 368. The first-order chi connectivity index (χ1) is 4.30. The van der Waals surface area contributed by atoms with Gasteiger partial charge in [0.25, 0.3) is 0 Å². The second-order valence-electron chi connectivity index (χ2n) is 2.03. The first-order valence-electron chi connectivity index (χ1n) is 2.67. The van der Waals surface area contributed by atoms with E-state index in [-0.39, 0.29) is 5.43 Å². The molecule has 2 aromatic carbocycles. The van der Waals surface area contributed by atoms with Crippen LogP contribution in [0.2, 0.25) is 0 Å². The van der Waals surface area contributed by atoms with Gasteiger partial charge in [-0.05, 0) is 6.07 Å². The minimum atomic E-state index is 0.157. The highest BCUT2D eigenvalue weighted by Gasteiger charge is 2.12. The van der Waals surface area contributed by atoms with Crippen molar-refractivity contribution in [2.45, 2.75) is 4.90 Å². The standard InChI is InChI=1S/C7H4OS/c8-7-4-2-1-3-5(9)6(4)7/h1-3,9H. The smallest absolute Gasteiger partial charge is 0.195 e. The summed E-state index contributed by atoms with van der Waals surface area (Å²) in [5.41, 5.74) is 0.157. The molecule has 44 valence electrons. The lowest BCUT2D eigenvalue weighted by Crippen LogP contribution is -1.68. The molecule has 0 amide bonds. The first-order valence-corrected chi connectivity index (χ1v) is 3.12. The third-order valence-corrected chi connectivity index (χ3v) is 1.82. The molecule has 0 saturated heterocycles. The second-order valence-corrected chi connectivity index (χ2v) is 2.51. The molecule has 0 atom stereocenters. The van der Waals surface area contributed by atoms with Crippen molar-refractivity contribution < 1.29 is 0 Å². The summed E-state index contributed by atoms with van der Waals surface area (Å²) in [7, 11) is 0. The zero-order chi connectivity index (χ0) is 6.43. The van der Waals surface area contributed by atoms with Crippen molar-refractivity contribution >= 4 is 23.4 Å². The summed E-state index contributed by atoms with van der Waals surface area (Å²) in [6, 6.07) is 5.48. The van der Waals surface area contributed by atoms with E-state index in [2.05, 4.69) is 12.6 Å². The molecule has 0 N–H and O–H groups in total. The molecule has 0 aliphatic rings. The van der Waals surface area contributed by atoms with Crippen LogP contribution in [0.4, 0.5) is 0 Å². The maximum Gasteiger partial charge on any atom is 0.195 e. The van der Waals surface area contributed by atoms with Crippen LogP contribution in [0.3, 0.4) is 0 Å². The lowest BCUT2D eigenvalue weighted by Gasteiger charge is -1.79. The predicted molar refractivity (Wildman–Crippen MR) is 39.8 cm³/mol. The van der Waals surface area contributed by atoms with Crippen LogP contribution in [0.5, 0.6) is 0 Å². The fourth-order valence-electron chi connectivity index (χ4n) is 0.916. The molecule has 0 unspecified atom stereocenters. The highest BCUT2D eigenvalue weighted by atomic mass is 32.1. The van der Waals surface area contributed by atoms with Crippen LogP contribution in [0.15, 0.2) is 27.9 Å². The Morgan fingerprint density at radius 1 is 1.33 bits per heavy atom. The molecule has 2 aromatic rings. The normalized spacial score (nSPS) is 11.2. The highest BCUT2D eigenvalue weighted by Crippen LogP contribution is 2.21. The number of fused-ring (bicyclic) bond motifs is 1. The SMILES string of the molecule is O=c1c2cccc(S)c12. The van der Waals surface area contributed by atoms with Gasteiger partial charge >= 0.3 is 0 Å². The van der Waals surface area contributed by atoms with E-state index in [0.29, 0.717) is 0 Å². The molecule has 9 heavy (non-hydrogen) atoms. The summed E-state index contributed by atoms with van der Waals surface area (Å²) in [5.74, 6) is 0. The van der Waals surface area contributed by atoms with E-state index in [1.54, 1.807) is 0 Å². The van der Waals surface area contributed by atoms with Crippen molar-refractivity contribution in [1.29, 1.82) is 0 Å². The van der Waals surface area contributed by atoms with Crippen molar-refractivity contribution in [2.75, 3.05) is 0 Å². The van der Waals surface area contributed by atoms with Crippen LogP contribution in [-0.4, -0.2) is 0 Å². The molecule has 0 aromatic heterocycles. The van der Waals surface area contributed by atoms with Crippen LogP contribution in [0.1, 0.15) is 0 Å². The maximum absolute atomic E-state index is 10.7. The zero-order valence-electron chi connectivity index (χ0n) is 4.59. The Morgan fingerprint density at radius 2 is 2.11 bits per heavy atom. The Hall–Kier alpha value is -0.760. The van der Waals surface area contributed by atoms with Crippen LogP contribution in [0.25, 0.3) is 10.8 Å². The Labute approximate surface area is 57.4 Å². The number of hydrogen-bond donors (Lipinski definition) is 1. The summed E-state index contributed by atoms with van der Waals surface area (Å²) in [4.78, 5) is 11.5. The van der Waals surface area contributed by atoms with Gasteiger partial charge in [0.15, 0.2) is 5.43 Å². The highest BCUT2D eigenvalue weighted by molar-refractivity contribution is 7.80. The van der Waals surface area contributed by atoms with Gasteiger partial charge in [0.05, 0.1) is 0 Å². The molecule has 2 heteroatoms. The van der Waals surface area contributed by atoms with Gasteiger partial charge in [-0.25, -0.2) is 0 Å². The van der Waals surface area contributed by atoms with Gasteiger partial charge in [0, 0.05) is 15.7 Å². The average Bonchev–Trinajstić information content (AvgIpc) is 2.45. The molecular weight excluding hydrogens is 132 g/mol. The molecule has 2 rings (SSSR count). The van der Waals surface area contributed by atoms with Gasteiger partial charge in [-0.2, -0.15) is 0 Å². The molecule has 1 nitrogen and oxygen atoms in total. The monoisotopic (exact) mass is 136 g/mol. The third-order valence-electron chi connectivity index (χ3n) is 1.45. The Balaban J connectivity index is 2.98. The molecule has 0 spiro atoms. The molecule has 0 fully saturated rings. The molecule has 0 heterocycles. The minimum absolute atomic E-state index is 0.157. The van der Waals surface area contributed by atoms with Gasteiger partial charge < -0.3 is 0 Å². The van der Waals surface area contributed by atoms with Crippen LogP contribution in [-0.2, 0) is 0 Å². The van der Waals surface area contributed by atoms with Gasteiger partial charge in [-0.1, -0.05) is 12.1 Å². The fourth-order valence-corrected chi connectivity index (χ4v) is 1.22. The predicted octanol–water partition coefficient (Wildman–Crippen LogP) is 1.36. The van der Waals surface area contributed by atoms with Gasteiger partial charge in [0.2, 0.25) is 0 Å². The lowest BCUT2D eigenvalue weighted by atomic mass is 10.4. The van der Waals surface area contributed by atoms with Gasteiger partial charge in [-0.15, -0.1) is 12.6 Å². The topological polar surface area (TPSA) is 17.1 Å². The van der Waals surface area contributed by atoms with E-state index in [1.807, 2.05) is 18.2 Å². The Morgan fingerprint density at radius 3 is 2.67 bits per heavy atom. The fraction of sp³-hybridized carbons (Fsp3) is 0. The zero-order valence-corrected chi connectivity index (χ0v) is 5.48. The van der Waals surface area contributed by atoms with E-state index in [4.69, 9.17) is 0 Å². The molecule has 0 aliphatic heterocycles. The van der Waals surface area contributed by atoms with Gasteiger partial charge in [-0.3, -0.25) is 4.79 Å². The summed E-state index contributed by atoms with van der Waals surface area (Å²) in [5, 5.41) is 1.64. The van der Waals surface area contributed by atoms with Crippen molar-refractivity contribution in [1.82, 2.24) is 0 Å². The van der Waals surface area contributed by atoms with Crippen molar-refractivity contribution in [2.24, 2.45) is 0 Å². The lowest BCUT2D eigenvalue weighted by molar-refractivity contribution is 1.62. The van der Waals surface area contributed by atoms with E-state index in [0.717, 1.165) is 15.7 Å². The minimum Gasteiger partial charge on any atom is -0.289 e. The van der Waals surface area contributed by atoms with Crippen LogP contribution in [0, 0.1) is 0 Å². The Kier molecular flexibility index (Phi) is 0.781. The van der Waals surface area contributed by atoms with E-state index in [9.17, 15) is 4.79 Å². The molecular formula is C7H4OS. The molecule has 0 bridgehead atoms. The largest absolute Gasteiger partial charge is 0.289 e. The van der Waals surface area contributed by atoms with Crippen LogP contribution < -0.4 is 5.43 Å². The van der Waals surface area contributed by atoms with Crippen molar-refractivity contribution in [3.05, 3.63) is 28.4 Å². The number of benzene rings is 1. The summed E-state index contributed by atoms with van der Waals surface area (Å²) >= 11 is 4.09. The molecule has 0 aliphatic carbocycles. The second kappa shape index (κ2) is 1.39. The summed E-state index contributed by atoms with van der Waals surface area (Å²) in [6.07, 6.45) is 0. The van der Waals surface area contributed by atoms with Crippen molar-refractivity contribution in [3.63, 3.8) is 0 Å². The van der Waals surface area contributed by atoms with E-state index < -0.39 is 0 Å². The van der Waals surface area contributed by atoms with Crippen molar-refractivity contribution in [3.8, 4) is 0 Å². The number of thiol groups is 1. The summed E-state index contributed by atoms with van der Waals surface area (Å²) < 4.78 is 0. The van der Waals surface area contributed by atoms with E-state index >= 15 is 0 Å². The number of hydrogen-bond acceptors (Lipinski definition) is 2. The molecule has 0 saturated carbocycles. The van der Waals surface area contributed by atoms with Crippen LogP contribution >= 0.6 is 12.6 Å². The quantitative estimate of drug-likeness (QED) is 0.541. The average molecular weight is 136 g/mol. The summed E-state index contributed by atoms with van der Waals surface area (Å²) in [6.45, 7) is 0. The maximum atomic E-state index is 10.7. The third kappa shape index (κ3) is 0.537. The number of rotatable bonds is 0. The first kappa shape index (κ1) is 5.06. The van der Waals surface area contributed by atoms with E-state index in [1.165, 1.54) is 0 Å². The molecule has 0 radical (unpaired) electrons. The van der Waals surface area contributed by atoms with Gasteiger partial charge in [0.1, 0.15) is 0 Å².